The van der Waals surface area contributed by atoms with Crippen LogP contribution in [0.3, 0.4) is 0 Å². The molecule has 8 heteroatoms. The minimum absolute atomic E-state index is 0.00445. The minimum atomic E-state index is -3.70. The lowest BCUT2D eigenvalue weighted by molar-refractivity contribution is 0.460. The van der Waals surface area contributed by atoms with Gasteiger partial charge in [-0.3, -0.25) is 0 Å². The molecular weight excluding hydrogens is 364 g/mol. The van der Waals surface area contributed by atoms with Crippen molar-refractivity contribution in [3.8, 4) is 5.75 Å². The number of aromatic hydroxyl groups is 1. The summed E-state index contributed by atoms with van der Waals surface area (Å²) < 4.78 is 26.2. The number of fused-ring (bicyclic) bond motifs is 1. The van der Waals surface area contributed by atoms with E-state index < -0.39 is 10.0 Å². The van der Waals surface area contributed by atoms with E-state index in [1.54, 1.807) is 30.3 Å². The molecule has 0 aromatic heterocycles. The Morgan fingerprint density at radius 3 is 2.48 bits per heavy atom. The molecule has 0 spiro atoms. The molecular formula is C19H16N4O3S. The van der Waals surface area contributed by atoms with Crippen molar-refractivity contribution in [3.63, 3.8) is 0 Å². The third-order valence-corrected chi connectivity index (χ3v) is 5.90. The fourth-order valence-electron chi connectivity index (χ4n) is 2.84. The van der Waals surface area contributed by atoms with Gasteiger partial charge in [0.05, 0.1) is 11.4 Å². The number of rotatable bonds is 3. The number of amidine groups is 1. The zero-order valence-corrected chi connectivity index (χ0v) is 15.0. The average Bonchev–Trinajstić information content (AvgIpc) is 3.18. The molecule has 0 bridgehead atoms. The molecule has 0 aliphatic carbocycles. The van der Waals surface area contributed by atoms with Gasteiger partial charge < -0.3 is 5.11 Å². The maximum atomic E-state index is 12.6. The van der Waals surface area contributed by atoms with Crippen molar-refractivity contribution < 1.29 is 13.5 Å². The molecule has 3 aromatic rings. The maximum absolute atomic E-state index is 12.6. The summed E-state index contributed by atoms with van der Waals surface area (Å²) >= 11 is 0. The number of sulfonamides is 1. The molecule has 7 nitrogen and oxygen atoms in total. The number of phenolic OH excluding ortho intramolecular Hbond substituents is 1. The zero-order chi connectivity index (χ0) is 18.9. The van der Waals surface area contributed by atoms with Gasteiger partial charge in [-0.05, 0) is 23.6 Å². The first-order chi connectivity index (χ1) is 13.1. The Labute approximate surface area is 156 Å². The Kier molecular flexibility index (Phi) is 4.33. The second-order valence-corrected chi connectivity index (χ2v) is 7.83. The first kappa shape index (κ1) is 17.2. The molecule has 0 saturated heterocycles. The first-order valence-corrected chi connectivity index (χ1v) is 9.77. The highest BCUT2D eigenvalue weighted by Gasteiger charge is 2.27. The standard InChI is InChI=1S/C19H16N4O3S/c24-17-11-10-14-6-4-5-9-16(14)19(17)21-20-18-12-13-23(22-18)27(25,26)15-7-2-1-3-8-15/h1-11,24H,12-13H2. The summed E-state index contributed by atoms with van der Waals surface area (Å²) in [5, 5.41) is 24.1. The van der Waals surface area contributed by atoms with E-state index in [9.17, 15) is 13.5 Å². The van der Waals surface area contributed by atoms with Crippen molar-refractivity contribution in [2.45, 2.75) is 11.3 Å². The number of hydrogen-bond donors (Lipinski definition) is 1. The van der Waals surface area contributed by atoms with Crippen LogP contribution in [0.2, 0.25) is 0 Å². The van der Waals surface area contributed by atoms with Gasteiger partial charge in [-0.2, -0.15) is 12.8 Å². The van der Waals surface area contributed by atoms with Gasteiger partial charge >= 0.3 is 0 Å². The summed E-state index contributed by atoms with van der Waals surface area (Å²) in [6.07, 6.45) is 0.348. The van der Waals surface area contributed by atoms with Crippen molar-refractivity contribution in [2.24, 2.45) is 15.3 Å². The fourth-order valence-corrected chi connectivity index (χ4v) is 4.12. The van der Waals surface area contributed by atoms with Crippen LogP contribution in [0.5, 0.6) is 5.75 Å². The van der Waals surface area contributed by atoms with Gasteiger partial charge in [0, 0.05) is 11.8 Å². The number of hydrogen-bond acceptors (Lipinski definition) is 6. The second kappa shape index (κ2) is 6.81. The Balaban J connectivity index is 1.63. The van der Waals surface area contributed by atoms with E-state index >= 15 is 0 Å². The largest absolute Gasteiger partial charge is 0.506 e. The Hall–Kier alpha value is -3.26. The van der Waals surface area contributed by atoms with Crippen molar-refractivity contribution in [3.05, 3.63) is 66.7 Å². The van der Waals surface area contributed by atoms with E-state index in [0.717, 1.165) is 15.2 Å². The monoisotopic (exact) mass is 380 g/mol. The van der Waals surface area contributed by atoms with Crippen LogP contribution in [0.4, 0.5) is 5.69 Å². The second-order valence-electron chi connectivity index (χ2n) is 5.98. The van der Waals surface area contributed by atoms with Gasteiger partial charge in [-0.1, -0.05) is 48.5 Å². The van der Waals surface area contributed by atoms with Gasteiger partial charge in [0.1, 0.15) is 11.4 Å². The molecule has 0 unspecified atom stereocenters. The van der Waals surface area contributed by atoms with Crippen LogP contribution in [-0.2, 0) is 10.0 Å². The van der Waals surface area contributed by atoms with Gasteiger partial charge in [0.25, 0.3) is 10.0 Å². The number of nitrogens with zero attached hydrogens (tertiary/aromatic N) is 4. The summed E-state index contributed by atoms with van der Waals surface area (Å²) in [6.45, 7) is 0.201. The lowest BCUT2D eigenvalue weighted by Gasteiger charge is -2.13. The molecule has 0 amide bonds. The fraction of sp³-hybridized carbons (Fsp3) is 0.105. The Morgan fingerprint density at radius 1 is 0.926 bits per heavy atom. The van der Waals surface area contributed by atoms with Crippen LogP contribution >= 0.6 is 0 Å². The summed E-state index contributed by atoms with van der Waals surface area (Å²) in [5.74, 6) is 0.298. The van der Waals surface area contributed by atoms with Gasteiger partial charge in [0.2, 0.25) is 0 Å². The van der Waals surface area contributed by atoms with E-state index in [2.05, 4.69) is 15.3 Å². The third kappa shape index (κ3) is 3.26. The average molecular weight is 380 g/mol. The van der Waals surface area contributed by atoms with Crippen LogP contribution in [0.1, 0.15) is 6.42 Å². The van der Waals surface area contributed by atoms with E-state index in [1.807, 2.05) is 24.3 Å². The van der Waals surface area contributed by atoms with Crippen LogP contribution in [0.25, 0.3) is 10.8 Å². The van der Waals surface area contributed by atoms with Gasteiger partial charge in [-0.25, -0.2) is 0 Å². The highest BCUT2D eigenvalue weighted by molar-refractivity contribution is 7.89. The van der Waals surface area contributed by atoms with E-state index in [-0.39, 0.29) is 17.2 Å². The predicted molar refractivity (Wildman–Crippen MR) is 103 cm³/mol. The first-order valence-electron chi connectivity index (χ1n) is 8.33. The van der Waals surface area contributed by atoms with Crippen molar-refractivity contribution in [1.82, 2.24) is 4.41 Å². The van der Waals surface area contributed by atoms with Crippen LogP contribution in [0.15, 0.2) is 87.0 Å². The quantitative estimate of drug-likeness (QED) is 0.695. The Morgan fingerprint density at radius 2 is 1.67 bits per heavy atom. The summed E-state index contributed by atoms with van der Waals surface area (Å²) in [5.41, 5.74) is 0.333. The highest BCUT2D eigenvalue weighted by Crippen LogP contribution is 2.35. The molecule has 27 heavy (non-hydrogen) atoms. The lowest BCUT2D eigenvalue weighted by Crippen LogP contribution is -2.23. The number of hydrazone groups is 1. The molecule has 3 aromatic carbocycles. The van der Waals surface area contributed by atoms with Crippen LogP contribution < -0.4 is 0 Å². The molecule has 0 fully saturated rings. The molecule has 1 aliphatic rings. The van der Waals surface area contributed by atoms with E-state index in [0.29, 0.717) is 17.9 Å². The molecule has 0 saturated carbocycles. The zero-order valence-electron chi connectivity index (χ0n) is 14.2. The maximum Gasteiger partial charge on any atom is 0.279 e. The molecule has 0 radical (unpaired) electrons. The number of benzene rings is 3. The van der Waals surface area contributed by atoms with E-state index in [1.165, 1.54) is 12.1 Å². The summed E-state index contributed by atoms with van der Waals surface area (Å²) in [4.78, 5) is 0.179. The molecule has 1 heterocycles. The highest BCUT2D eigenvalue weighted by atomic mass is 32.2. The summed E-state index contributed by atoms with van der Waals surface area (Å²) in [7, 11) is -3.70. The molecule has 4 rings (SSSR count). The topological polar surface area (TPSA) is 94.7 Å². The normalized spacial score (nSPS) is 14.8. The summed E-state index contributed by atoms with van der Waals surface area (Å²) in [6, 6.07) is 19.0. The predicted octanol–water partition coefficient (Wildman–Crippen LogP) is 4.04. The Bertz CT molecular complexity index is 1160. The lowest BCUT2D eigenvalue weighted by atomic mass is 10.1. The molecule has 1 N–H and O–H groups in total. The van der Waals surface area contributed by atoms with Crippen LogP contribution in [0, 0.1) is 0 Å². The van der Waals surface area contributed by atoms with Crippen LogP contribution in [-0.4, -0.2) is 30.3 Å². The van der Waals surface area contributed by atoms with Gasteiger partial charge in [-0.15, -0.1) is 15.3 Å². The van der Waals surface area contributed by atoms with Crippen molar-refractivity contribution >= 4 is 32.3 Å². The van der Waals surface area contributed by atoms with E-state index in [4.69, 9.17) is 0 Å². The smallest absolute Gasteiger partial charge is 0.279 e. The minimum Gasteiger partial charge on any atom is -0.506 e. The van der Waals surface area contributed by atoms with Crippen molar-refractivity contribution in [2.75, 3.05) is 6.54 Å². The SMILES string of the molecule is O=S(=O)(c1ccccc1)N1CCC(N=Nc2c(O)ccc3ccccc23)=N1. The number of azo groups is 1. The number of phenols is 1. The molecule has 136 valence electrons. The molecule has 1 aliphatic heterocycles. The molecule has 0 atom stereocenters. The third-order valence-electron chi connectivity index (χ3n) is 4.22. The van der Waals surface area contributed by atoms with Crippen molar-refractivity contribution in [1.29, 1.82) is 0 Å². The van der Waals surface area contributed by atoms with Gasteiger partial charge in [0.15, 0.2) is 5.84 Å².